The number of para-hydroxylation sites is 1. The van der Waals surface area contributed by atoms with Crippen molar-refractivity contribution < 1.29 is 19.0 Å². The van der Waals surface area contributed by atoms with Gasteiger partial charge >= 0.3 is 0 Å². The lowest BCUT2D eigenvalue weighted by Gasteiger charge is -2.14. The molecule has 25 heavy (non-hydrogen) atoms. The first-order valence-corrected chi connectivity index (χ1v) is 8.43. The first kappa shape index (κ1) is 18.8. The van der Waals surface area contributed by atoms with Crippen LogP contribution in [0, 0.1) is 0 Å². The summed E-state index contributed by atoms with van der Waals surface area (Å²) in [6, 6.07) is 14.5. The minimum atomic E-state index is -0.219. The van der Waals surface area contributed by atoms with E-state index in [-0.39, 0.29) is 12.0 Å². The van der Waals surface area contributed by atoms with Crippen molar-refractivity contribution in [3.05, 3.63) is 54.1 Å². The number of benzene rings is 2. The number of anilines is 1. The fourth-order valence-electron chi connectivity index (χ4n) is 2.15. The summed E-state index contributed by atoms with van der Waals surface area (Å²) >= 11 is 0. The fraction of sp³-hybridized carbons (Fsp3) is 0.350. The standard InChI is InChI=1S/C20H25NO4/c1-4-15(2)25-17-11-9-16(10-12-17)21-20(22)18-7-5-6-8-19(18)24-14-13-23-3/h5-12,15H,4,13-14H2,1-3H3,(H,21,22). The number of nitrogens with one attached hydrogen (secondary N) is 1. The van der Waals surface area contributed by atoms with E-state index in [0.29, 0.717) is 30.2 Å². The van der Waals surface area contributed by atoms with Crippen molar-refractivity contribution >= 4 is 11.6 Å². The van der Waals surface area contributed by atoms with Gasteiger partial charge in [0.2, 0.25) is 0 Å². The molecule has 2 aromatic rings. The van der Waals surface area contributed by atoms with Gasteiger partial charge in [-0.3, -0.25) is 4.79 Å². The van der Waals surface area contributed by atoms with Crippen molar-refractivity contribution in [2.75, 3.05) is 25.6 Å². The molecule has 0 bridgehead atoms. The number of carbonyl (C=O) groups is 1. The highest BCUT2D eigenvalue weighted by Crippen LogP contribution is 2.21. The van der Waals surface area contributed by atoms with Crippen LogP contribution in [-0.4, -0.2) is 32.3 Å². The summed E-state index contributed by atoms with van der Waals surface area (Å²) in [5.41, 5.74) is 1.19. The molecule has 1 amide bonds. The van der Waals surface area contributed by atoms with Gasteiger partial charge in [0.1, 0.15) is 18.1 Å². The normalized spacial score (nSPS) is 11.6. The molecule has 0 radical (unpaired) electrons. The molecule has 5 heteroatoms. The topological polar surface area (TPSA) is 56.8 Å². The van der Waals surface area contributed by atoms with Crippen LogP contribution in [0.2, 0.25) is 0 Å². The number of carbonyl (C=O) groups excluding carboxylic acids is 1. The van der Waals surface area contributed by atoms with Crippen molar-refractivity contribution in [3.63, 3.8) is 0 Å². The number of hydrogen-bond acceptors (Lipinski definition) is 4. The monoisotopic (exact) mass is 343 g/mol. The number of ether oxygens (including phenoxy) is 3. The predicted octanol–water partition coefficient (Wildman–Crippen LogP) is 4.14. The second kappa shape index (κ2) is 9.69. The highest BCUT2D eigenvalue weighted by molar-refractivity contribution is 6.06. The van der Waals surface area contributed by atoms with Crippen LogP contribution in [-0.2, 0) is 4.74 Å². The van der Waals surface area contributed by atoms with Gasteiger partial charge in [0.15, 0.2) is 0 Å². The maximum atomic E-state index is 12.5. The largest absolute Gasteiger partial charge is 0.491 e. The Balaban J connectivity index is 2.02. The Morgan fingerprint density at radius 1 is 1.08 bits per heavy atom. The van der Waals surface area contributed by atoms with Gasteiger partial charge < -0.3 is 19.5 Å². The van der Waals surface area contributed by atoms with Crippen LogP contribution in [0.3, 0.4) is 0 Å². The summed E-state index contributed by atoms with van der Waals surface area (Å²) in [7, 11) is 1.61. The summed E-state index contributed by atoms with van der Waals surface area (Å²) in [5.74, 6) is 1.10. The van der Waals surface area contributed by atoms with Gasteiger partial charge in [-0.05, 0) is 49.7 Å². The molecule has 0 aliphatic rings. The first-order chi connectivity index (χ1) is 12.1. The Morgan fingerprint density at radius 2 is 1.80 bits per heavy atom. The lowest BCUT2D eigenvalue weighted by atomic mass is 10.2. The number of amides is 1. The molecular formula is C20H25NO4. The second-order valence-corrected chi connectivity index (χ2v) is 5.65. The quantitative estimate of drug-likeness (QED) is 0.695. The predicted molar refractivity (Wildman–Crippen MR) is 98.6 cm³/mol. The maximum absolute atomic E-state index is 12.5. The van der Waals surface area contributed by atoms with E-state index < -0.39 is 0 Å². The Labute approximate surface area is 148 Å². The number of hydrogen-bond donors (Lipinski definition) is 1. The summed E-state index contributed by atoms with van der Waals surface area (Å²) in [4.78, 5) is 12.5. The number of rotatable bonds is 9. The average molecular weight is 343 g/mol. The SMILES string of the molecule is CCC(C)Oc1ccc(NC(=O)c2ccccc2OCCOC)cc1. The minimum Gasteiger partial charge on any atom is -0.491 e. The lowest BCUT2D eigenvalue weighted by Crippen LogP contribution is -2.15. The molecule has 0 heterocycles. The van der Waals surface area contributed by atoms with Crippen LogP contribution in [0.4, 0.5) is 5.69 Å². The van der Waals surface area contributed by atoms with Gasteiger partial charge in [-0.25, -0.2) is 0 Å². The van der Waals surface area contributed by atoms with E-state index in [1.807, 2.05) is 37.3 Å². The molecule has 134 valence electrons. The highest BCUT2D eigenvalue weighted by Gasteiger charge is 2.12. The van der Waals surface area contributed by atoms with Gasteiger partial charge in [0, 0.05) is 12.8 Å². The van der Waals surface area contributed by atoms with Crippen LogP contribution in [0.15, 0.2) is 48.5 Å². The van der Waals surface area contributed by atoms with E-state index in [4.69, 9.17) is 14.2 Å². The average Bonchev–Trinajstić information content (AvgIpc) is 2.64. The molecule has 1 atom stereocenters. The van der Waals surface area contributed by atoms with Crippen molar-refractivity contribution in [2.24, 2.45) is 0 Å². The molecule has 2 aromatic carbocycles. The molecule has 0 aromatic heterocycles. The van der Waals surface area contributed by atoms with Crippen molar-refractivity contribution in [1.82, 2.24) is 0 Å². The molecular weight excluding hydrogens is 318 g/mol. The summed E-state index contributed by atoms with van der Waals surface area (Å²) in [5, 5.41) is 2.88. The molecule has 1 unspecified atom stereocenters. The van der Waals surface area contributed by atoms with E-state index in [9.17, 15) is 4.79 Å². The molecule has 5 nitrogen and oxygen atoms in total. The van der Waals surface area contributed by atoms with Crippen LogP contribution < -0.4 is 14.8 Å². The van der Waals surface area contributed by atoms with Gasteiger partial charge in [-0.2, -0.15) is 0 Å². The van der Waals surface area contributed by atoms with E-state index in [2.05, 4.69) is 12.2 Å². The van der Waals surface area contributed by atoms with Gasteiger partial charge in [-0.1, -0.05) is 19.1 Å². The van der Waals surface area contributed by atoms with Gasteiger partial charge in [-0.15, -0.1) is 0 Å². The zero-order valence-electron chi connectivity index (χ0n) is 15.0. The Hall–Kier alpha value is -2.53. The molecule has 0 aliphatic heterocycles. The second-order valence-electron chi connectivity index (χ2n) is 5.65. The zero-order valence-corrected chi connectivity index (χ0v) is 15.0. The van der Waals surface area contributed by atoms with Crippen molar-refractivity contribution in [3.8, 4) is 11.5 Å². The first-order valence-electron chi connectivity index (χ1n) is 8.43. The van der Waals surface area contributed by atoms with E-state index in [0.717, 1.165) is 12.2 Å². The molecule has 0 saturated heterocycles. The fourth-order valence-corrected chi connectivity index (χ4v) is 2.15. The van der Waals surface area contributed by atoms with E-state index in [1.54, 1.807) is 25.3 Å². The van der Waals surface area contributed by atoms with Crippen molar-refractivity contribution in [2.45, 2.75) is 26.4 Å². The Kier molecular flexibility index (Phi) is 7.29. The van der Waals surface area contributed by atoms with Gasteiger partial charge in [0.25, 0.3) is 5.91 Å². The summed E-state index contributed by atoms with van der Waals surface area (Å²) < 4.78 is 16.3. The van der Waals surface area contributed by atoms with Crippen molar-refractivity contribution in [1.29, 1.82) is 0 Å². The summed E-state index contributed by atoms with van der Waals surface area (Å²) in [6.07, 6.45) is 1.11. The number of methoxy groups -OCH3 is 1. The maximum Gasteiger partial charge on any atom is 0.259 e. The highest BCUT2D eigenvalue weighted by atomic mass is 16.5. The van der Waals surface area contributed by atoms with Crippen LogP contribution >= 0.6 is 0 Å². The third-order valence-corrected chi connectivity index (χ3v) is 3.70. The van der Waals surface area contributed by atoms with Crippen LogP contribution in [0.5, 0.6) is 11.5 Å². The molecule has 0 saturated carbocycles. The van der Waals surface area contributed by atoms with E-state index in [1.165, 1.54) is 0 Å². The Bertz CT molecular complexity index is 670. The zero-order chi connectivity index (χ0) is 18.1. The van der Waals surface area contributed by atoms with Crippen LogP contribution in [0.1, 0.15) is 30.6 Å². The van der Waals surface area contributed by atoms with Crippen LogP contribution in [0.25, 0.3) is 0 Å². The third-order valence-electron chi connectivity index (χ3n) is 3.70. The molecule has 0 fully saturated rings. The Morgan fingerprint density at radius 3 is 2.48 bits per heavy atom. The third kappa shape index (κ3) is 5.80. The molecule has 0 spiro atoms. The smallest absolute Gasteiger partial charge is 0.259 e. The lowest BCUT2D eigenvalue weighted by molar-refractivity contribution is 0.101. The minimum absolute atomic E-state index is 0.163. The summed E-state index contributed by atoms with van der Waals surface area (Å²) in [6.45, 7) is 4.96. The molecule has 0 aliphatic carbocycles. The van der Waals surface area contributed by atoms with E-state index >= 15 is 0 Å². The molecule has 1 N–H and O–H groups in total. The van der Waals surface area contributed by atoms with Gasteiger partial charge in [0.05, 0.1) is 18.3 Å². The molecule has 2 rings (SSSR count).